The molecule has 2 rings (SSSR count). The van der Waals surface area contributed by atoms with Crippen molar-refractivity contribution >= 4 is 39.1 Å². The minimum absolute atomic E-state index is 0.0373. The van der Waals surface area contributed by atoms with Crippen LogP contribution in [0.1, 0.15) is 16.7 Å². The van der Waals surface area contributed by atoms with Crippen molar-refractivity contribution in [2.75, 3.05) is 6.26 Å². The van der Waals surface area contributed by atoms with E-state index in [9.17, 15) is 4.79 Å². The van der Waals surface area contributed by atoms with Crippen molar-refractivity contribution in [3.63, 3.8) is 0 Å². The largest absolute Gasteiger partial charge is 0.279 e. The number of thioether (sulfide) groups is 2. The molecule has 0 fully saturated rings. The van der Waals surface area contributed by atoms with E-state index < -0.39 is 0 Å². The molecule has 0 amide bonds. The Bertz CT molecular complexity index is 532. The number of benzene rings is 1. The second-order valence-corrected chi connectivity index (χ2v) is 5.88. The first-order valence-corrected chi connectivity index (χ1v) is 7.28. The summed E-state index contributed by atoms with van der Waals surface area (Å²) >= 11 is 2.72. The molecule has 0 saturated carbocycles. The number of carbonyl (C=O) groups excluding carboxylic acids is 1. The Kier molecular flexibility index (Phi) is 3.74. The van der Waals surface area contributed by atoms with Crippen molar-refractivity contribution < 1.29 is 4.79 Å². The average molecular weight is 263 g/mol. The predicted molar refractivity (Wildman–Crippen MR) is 77.4 cm³/mol. The topological polar surface area (TPSA) is 29.4 Å². The summed E-state index contributed by atoms with van der Waals surface area (Å²) in [5, 5.41) is 0.0373. The molecule has 1 aromatic carbocycles. The highest BCUT2D eigenvalue weighted by atomic mass is 32.2. The Morgan fingerprint density at radius 3 is 2.76 bits per heavy atom. The van der Waals surface area contributed by atoms with Crippen LogP contribution >= 0.6 is 23.5 Å². The summed E-state index contributed by atoms with van der Waals surface area (Å²) in [6.07, 6.45) is 3.81. The van der Waals surface area contributed by atoms with Gasteiger partial charge in [0.25, 0.3) is 0 Å². The first kappa shape index (κ1) is 12.5. The van der Waals surface area contributed by atoms with E-state index in [2.05, 4.69) is 23.2 Å². The maximum atomic E-state index is 11.7. The molecule has 17 heavy (non-hydrogen) atoms. The second-order valence-electron chi connectivity index (χ2n) is 3.86. The number of hydrogen-bond donors (Lipinski definition) is 0. The number of rotatable bonds is 1. The van der Waals surface area contributed by atoms with Crippen LogP contribution in [-0.2, 0) is 4.79 Å². The molecule has 0 spiro atoms. The molecule has 2 nitrogen and oxygen atoms in total. The van der Waals surface area contributed by atoms with E-state index in [0.717, 1.165) is 15.5 Å². The third-order valence-electron chi connectivity index (χ3n) is 2.50. The number of hydrogen-bond acceptors (Lipinski definition) is 4. The predicted octanol–water partition coefficient (Wildman–Crippen LogP) is 3.64. The maximum Gasteiger partial charge on any atom is 0.244 e. The van der Waals surface area contributed by atoms with Crippen molar-refractivity contribution in [1.82, 2.24) is 0 Å². The molecule has 1 aliphatic rings. The van der Waals surface area contributed by atoms with Crippen molar-refractivity contribution in [3.8, 4) is 0 Å². The molecule has 0 aromatic heterocycles. The molecule has 0 aliphatic carbocycles. The lowest BCUT2D eigenvalue weighted by atomic mass is 10.0. The van der Waals surface area contributed by atoms with Crippen LogP contribution in [0.4, 0.5) is 0 Å². The Balaban J connectivity index is 2.39. The number of aryl methyl sites for hydroxylation is 2. The van der Waals surface area contributed by atoms with Gasteiger partial charge in [-0.15, -0.1) is 11.8 Å². The van der Waals surface area contributed by atoms with Crippen LogP contribution in [-0.4, -0.2) is 15.7 Å². The summed E-state index contributed by atoms with van der Waals surface area (Å²) in [5.74, 6) is 0. The minimum Gasteiger partial charge on any atom is -0.279 e. The Labute approximate surface area is 110 Å². The van der Waals surface area contributed by atoms with Crippen LogP contribution < -0.4 is 0 Å². The highest BCUT2D eigenvalue weighted by Gasteiger charge is 2.21. The van der Waals surface area contributed by atoms with E-state index in [0.29, 0.717) is 5.70 Å². The first-order chi connectivity index (χ1) is 8.10. The fourth-order valence-corrected chi connectivity index (χ4v) is 2.80. The highest BCUT2D eigenvalue weighted by Crippen LogP contribution is 2.30. The monoisotopic (exact) mass is 263 g/mol. The summed E-state index contributed by atoms with van der Waals surface area (Å²) in [6, 6.07) is 6.21. The minimum atomic E-state index is 0.0373. The van der Waals surface area contributed by atoms with Crippen LogP contribution in [0.25, 0.3) is 6.08 Å². The normalized spacial score (nSPS) is 17.7. The molecule has 88 valence electrons. The number of aliphatic imine (C=N–C) groups is 1. The molecular weight excluding hydrogens is 250 g/mol. The maximum absolute atomic E-state index is 11.7. The molecule has 1 heterocycles. The van der Waals surface area contributed by atoms with E-state index in [-0.39, 0.29) is 5.12 Å². The summed E-state index contributed by atoms with van der Waals surface area (Å²) in [6.45, 7) is 4.08. The van der Waals surface area contributed by atoms with Gasteiger partial charge >= 0.3 is 0 Å². The zero-order valence-corrected chi connectivity index (χ0v) is 11.6. The Morgan fingerprint density at radius 2 is 2.12 bits per heavy atom. The lowest BCUT2D eigenvalue weighted by Crippen LogP contribution is -1.89. The van der Waals surface area contributed by atoms with Crippen LogP contribution in [0.15, 0.2) is 28.9 Å². The zero-order chi connectivity index (χ0) is 12.4. The third-order valence-corrected chi connectivity index (χ3v) is 4.35. The van der Waals surface area contributed by atoms with Crippen LogP contribution in [0.3, 0.4) is 0 Å². The Hall–Kier alpha value is -1.000. The number of carbonyl (C=O) groups is 1. The lowest BCUT2D eigenvalue weighted by molar-refractivity contribution is -0.107. The average Bonchev–Trinajstić information content (AvgIpc) is 2.65. The fourth-order valence-electron chi connectivity index (χ4n) is 1.54. The van der Waals surface area contributed by atoms with Gasteiger partial charge in [0.1, 0.15) is 10.1 Å². The molecular formula is C13H13NOS2. The van der Waals surface area contributed by atoms with Gasteiger partial charge in [-0.1, -0.05) is 23.8 Å². The van der Waals surface area contributed by atoms with Gasteiger partial charge in [0.05, 0.1) is 0 Å². The molecule has 0 unspecified atom stereocenters. The first-order valence-electron chi connectivity index (χ1n) is 5.24. The van der Waals surface area contributed by atoms with Gasteiger partial charge in [-0.2, -0.15) is 0 Å². The summed E-state index contributed by atoms with van der Waals surface area (Å²) in [4.78, 5) is 16.0. The standard InChI is InChI=1S/C13H13NOS2/c1-8-4-5-9(2)10(6-8)7-11-12(15)17-13(14-11)16-3/h4-7H,1-3H3/b11-7-. The zero-order valence-electron chi connectivity index (χ0n) is 9.98. The lowest BCUT2D eigenvalue weighted by Gasteiger charge is -2.02. The molecule has 4 heteroatoms. The van der Waals surface area contributed by atoms with Crippen molar-refractivity contribution in [2.24, 2.45) is 4.99 Å². The molecule has 0 saturated heterocycles. The Morgan fingerprint density at radius 1 is 1.35 bits per heavy atom. The van der Waals surface area contributed by atoms with Gasteiger partial charge in [0, 0.05) is 0 Å². The molecule has 0 bridgehead atoms. The third kappa shape index (κ3) is 2.82. The van der Waals surface area contributed by atoms with Crippen molar-refractivity contribution in [2.45, 2.75) is 13.8 Å². The van der Waals surface area contributed by atoms with E-state index in [1.54, 1.807) is 0 Å². The summed E-state index contributed by atoms with van der Waals surface area (Å²) < 4.78 is 0.826. The molecule has 0 N–H and O–H groups in total. The summed E-state index contributed by atoms with van der Waals surface area (Å²) in [5.41, 5.74) is 3.97. The van der Waals surface area contributed by atoms with Crippen LogP contribution in [0.2, 0.25) is 0 Å². The molecule has 0 radical (unpaired) electrons. The van der Waals surface area contributed by atoms with E-state index >= 15 is 0 Å². The van der Waals surface area contributed by atoms with E-state index in [4.69, 9.17) is 0 Å². The van der Waals surface area contributed by atoms with Gasteiger partial charge in [0.15, 0.2) is 0 Å². The van der Waals surface area contributed by atoms with Gasteiger partial charge in [-0.05, 0) is 49.1 Å². The second kappa shape index (κ2) is 5.10. The van der Waals surface area contributed by atoms with Gasteiger partial charge in [-0.3, -0.25) is 4.79 Å². The van der Waals surface area contributed by atoms with Crippen LogP contribution in [0.5, 0.6) is 0 Å². The van der Waals surface area contributed by atoms with E-state index in [1.807, 2.05) is 26.2 Å². The fraction of sp³-hybridized carbons (Fsp3) is 0.231. The SMILES string of the molecule is CSC1=N/C(=C\c2cc(C)ccc2C)C(=O)S1. The van der Waals surface area contributed by atoms with Gasteiger partial charge in [0.2, 0.25) is 5.12 Å². The molecule has 0 atom stereocenters. The molecule has 1 aromatic rings. The van der Waals surface area contributed by atoms with Crippen molar-refractivity contribution in [3.05, 3.63) is 40.6 Å². The van der Waals surface area contributed by atoms with Crippen molar-refractivity contribution in [1.29, 1.82) is 0 Å². The van der Waals surface area contributed by atoms with Crippen LogP contribution in [0, 0.1) is 13.8 Å². The molecule has 1 aliphatic heterocycles. The highest BCUT2D eigenvalue weighted by molar-refractivity contribution is 8.45. The van der Waals surface area contributed by atoms with Gasteiger partial charge < -0.3 is 0 Å². The smallest absolute Gasteiger partial charge is 0.244 e. The quantitative estimate of drug-likeness (QED) is 0.724. The van der Waals surface area contributed by atoms with E-state index in [1.165, 1.54) is 29.1 Å². The number of nitrogens with zero attached hydrogens (tertiary/aromatic N) is 1. The van der Waals surface area contributed by atoms with Gasteiger partial charge in [-0.25, -0.2) is 4.99 Å². The summed E-state index contributed by atoms with van der Waals surface area (Å²) in [7, 11) is 0.